The van der Waals surface area contributed by atoms with E-state index in [-0.39, 0.29) is 18.0 Å². The number of phenols is 1. The number of aliphatic imine (C=N–C) groups is 1. The van der Waals surface area contributed by atoms with Crippen molar-refractivity contribution in [1.82, 2.24) is 4.90 Å². The second-order valence-electron chi connectivity index (χ2n) is 7.81. The molecule has 3 aliphatic rings. The molecule has 31 heavy (non-hydrogen) atoms. The maximum atomic E-state index is 10.0. The number of aromatic hydroxyl groups is 1. The Hall–Kier alpha value is -3.61. The van der Waals surface area contributed by atoms with Gasteiger partial charge in [0.15, 0.2) is 17.4 Å². The molecule has 0 bridgehead atoms. The number of allylic oxidation sites excluding steroid dienone is 2. The van der Waals surface area contributed by atoms with E-state index in [1.54, 1.807) is 19.2 Å². The van der Waals surface area contributed by atoms with E-state index < -0.39 is 0 Å². The molecule has 2 aromatic rings. The van der Waals surface area contributed by atoms with E-state index >= 15 is 0 Å². The molecule has 0 saturated carbocycles. The minimum atomic E-state index is -0.226. The molecular formula is C24H25N3O4. The molecule has 0 aromatic heterocycles. The summed E-state index contributed by atoms with van der Waals surface area (Å²) in [6, 6.07) is 9.21. The SMILES string of the molecule is COC1=CC=CC2=NC(c3c(C)cc(O)cc3C)C(Nc3ccc4c(c3)OCCO4)N12. The van der Waals surface area contributed by atoms with Crippen molar-refractivity contribution in [2.24, 2.45) is 4.99 Å². The zero-order valence-corrected chi connectivity index (χ0v) is 17.8. The Balaban J connectivity index is 1.56. The van der Waals surface area contributed by atoms with Crippen LogP contribution in [-0.2, 0) is 4.74 Å². The summed E-state index contributed by atoms with van der Waals surface area (Å²) in [5.74, 6) is 3.28. The normalized spacial score (nSPS) is 21.3. The number of phenolic OH excluding ortho intramolecular Hbond substituents is 1. The summed E-state index contributed by atoms with van der Waals surface area (Å²) < 4.78 is 17.1. The molecule has 3 aliphatic heterocycles. The Morgan fingerprint density at radius 1 is 1.10 bits per heavy atom. The van der Waals surface area contributed by atoms with Crippen LogP contribution < -0.4 is 14.8 Å². The standard InChI is InChI=1S/C24H25N3O4/c1-14-11-17(28)12-15(2)22(14)23-24(27-20(26-23)5-4-6-21(27)29-3)25-16-7-8-18-19(13-16)31-10-9-30-18/h4-8,11-13,23-25,28H,9-10H2,1-3H3. The number of anilines is 1. The molecule has 0 spiro atoms. The Morgan fingerprint density at radius 3 is 2.58 bits per heavy atom. The van der Waals surface area contributed by atoms with Gasteiger partial charge in [0, 0.05) is 11.8 Å². The summed E-state index contributed by atoms with van der Waals surface area (Å²) >= 11 is 0. The molecule has 2 atom stereocenters. The molecule has 5 rings (SSSR count). The number of amidine groups is 1. The summed E-state index contributed by atoms with van der Waals surface area (Å²) in [5, 5.41) is 13.7. The van der Waals surface area contributed by atoms with Gasteiger partial charge in [-0.15, -0.1) is 0 Å². The molecule has 2 aromatic carbocycles. The van der Waals surface area contributed by atoms with Crippen LogP contribution in [0.5, 0.6) is 17.2 Å². The number of hydrogen-bond acceptors (Lipinski definition) is 7. The van der Waals surface area contributed by atoms with Gasteiger partial charge in [-0.1, -0.05) is 6.08 Å². The van der Waals surface area contributed by atoms with Crippen molar-refractivity contribution in [3.05, 3.63) is 71.1 Å². The Morgan fingerprint density at radius 2 is 1.84 bits per heavy atom. The largest absolute Gasteiger partial charge is 0.508 e. The maximum absolute atomic E-state index is 10.0. The maximum Gasteiger partial charge on any atom is 0.196 e. The van der Waals surface area contributed by atoms with E-state index in [4.69, 9.17) is 19.2 Å². The van der Waals surface area contributed by atoms with Gasteiger partial charge >= 0.3 is 0 Å². The first-order valence-electron chi connectivity index (χ1n) is 10.3. The number of rotatable bonds is 4. The molecule has 0 saturated heterocycles. The third kappa shape index (κ3) is 3.36. The van der Waals surface area contributed by atoms with Gasteiger partial charge in [0.1, 0.15) is 37.0 Å². The molecule has 2 unspecified atom stereocenters. The fourth-order valence-electron chi connectivity index (χ4n) is 4.48. The first kappa shape index (κ1) is 19.4. The Bertz CT molecular complexity index is 1100. The Kier molecular flexibility index (Phi) is 4.73. The average Bonchev–Trinajstić information content (AvgIpc) is 3.11. The topological polar surface area (TPSA) is 75.5 Å². The van der Waals surface area contributed by atoms with Gasteiger partial charge in [-0.05, 0) is 67.0 Å². The van der Waals surface area contributed by atoms with Gasteiger partial charge in [0.2, 0.25) is 0 Å². The monoisotopic (exact) mass is 419 g/mol. The van der Waals surface area contributed by atoms with Gasteiger partial charge in [0.25, 0.3) is 0 Å². The molecule has 0 amide bonds. The fourth-order valence-corrected chi connectivity index (χ4v) is 4.48. The number of nitrogens with one attached hydrogen (secondary N) is 1. The van der Waals surface area contributed by atoms with Gasteiger partial charge in [-0.25, -0.2) is 0 Å². The third-order valence-corrected chi connectivity index (χ3v) is 5.76. The summed E-state index contributed by atoms with van der Waals surface area (Å²) in [6.07, 6.45) is 5.62. The highest BCUT2D eigenvalue weighted by molar-refractivity contribution is 5.97. The van der Waals surface area contributed by atoms with Crippen LogP contribution in [0.4, 0.5) is 5.69 Å². The highest BCUT2D eigenvalue weighted by atomic mass is 16.6. The van der Waals surface area contributed by atoms with Gasteiger partial charge in [0.05, 0.1) is 7.11 Å². The van der Waals surface area contributed by atoms with Gasteiger partial charge < -0.3 is 24.6 Å². The summed E-state index contributed by atoms with van der Waals surface area (Å²) in [4.78, 5) is 7.09. The predicted molar refractivity (Wildman–Crippen MR) is 119 cm³/mol. The minimum absolute atomic E-state index is 0.204. The van der Waals surface area contributed by atoms with Crippen molar-refractivity contribution in [2.45, 2.75) is 26.1 Å². The highest BCUT2D eigenvalue weighted by Crippen LogP contribution is 2.41. The third-order valence-electron chi connectivity index (χ3n) is 5.76. The van der Waals surface area contributed by atoms with Crippen LogP contribution in [-0.4, -0.2) is 42.3 Å². The molecule has 3 heterocycles. The van der Waals surface area contributed by atoms with Crippen molar-refractivity contribution in [3.63, 3.8) is 0 Å². The van der Waals surface area contributed by atoms with Crippen LogP contribution in [0.15, 0.2) is 59.4 Å². The molecule has 0 radical (unpaired) electrons. The predicted octanol–water partition coefficient (Wildman–Crippen LogP) is 4.03. The first-order valence-corrected chi connectivity index (χ1v) is 10.3. The van der Waals surface area contributed by atoms with Crippen molar-refractivity contribution >= 4 is 11.5 Å². The van der Waals surface area contributed by atoms with Crippen molar-refractivity contribution < 1.29 is 19.3 Å². The fraction of sp³-hybridized carbons (Fsp3) is 0.292. The second-order valence-corrected chi connectivity index (χ2v) is 7.81. The van der Waals surface area contributed by atoms with Gasteiger partial charge in [-0.3, -0.25) is 9.89 Å². The highest BCUT2D eigenvalue weighted by Gasteiger charge is 2.41. The lowest BCUT2D eigenvalue weighted by Crippen LogP contribution is -2.43. The first-order chi connectivity index (χ1) is 15.0. The average molecular weight is 419 g/mol. The van der Waals surface area contributed by atoms with Crippen molar-refractivity contribution in [3.8, 4) is 17.2 Å². The van der Waals surface area contributed by atoms with Crippen LogP contribution >= 0.6 is 0 Å². The van der Waals surface area contributed by atoms with E-state index in [0.717, 1.165) is 39.7 Å². The minimum Gasteiger partial charge on any atom is -0.508 e. The lowest BCUT2D eigenvalue weighted by Gasteiger charge is -2.33. The number of fused-ring (bicyclic) bond motifs is 2. The van der Waals surface area contributed by atoms with E-state index in [9.17, 15) is 5.11 Å². The number of hydrogen-bond donors (Lipinski definition) is 2. The number of ether oxygens (including phenoxy) is 3. The van der Waals surface area contributed by atoms with E-state index in [1.807, 2.05) is 50.3 Å². The van der Waals surface area contributed by atoms with E-state index in [0.29, 0.717) is 19.1 Å². The zero-order valence-electron chi connectivity index (χ0n) is 17.8. The summed E-state index contributed by atoms with van der Waals surface area (Å²) in [5.41, 5.74) is 3.97. The summed E-state index contributed by atoms with van der Waals surface area (Å²) in [7, 11) is 1.66. The number of benzene rings is 2. The van der Waals surface area contributed by atoms with Crippen molar-refractivity contribution in [2.75, 3.05) is 25.6 Å². The molecule has 0 aliphatic carbocycles. The van der Waals surface area contributed by atoms with Crippen LogP contribution in [0, 0.1) is 13.8 Å². The number of nitrogens with zero attached hydrogens (tertiary/aromatic N) is 2. The molecule has 7 nitrogen and oxygen atoms in total. The molecule has 0 fully saturated rings. The van der Waals surface area contributed by atoms with E-state index in [1.165, 1.54) is 0 Å². The molecule has 2 N–H and O–H groups in total. The lowest BCUT2D eigenvalue weighted by molar-refractivity contribution is 0.171. The number of methoxy groups -OCH3 is 1. The van der Waals surface area contributed by atoms with Crippen LogP contribution in [0.2, 0.25) is 0 Å². The quantitative estimate of drug-likeness (QED) is 0.779. The van der Waals surface area contributed by atoms with Crippen molar-refractivity contribution in [1.29, 1.82) is 0 Å². The lowest BCUT2D eigenvalue weighted by atomic mass is 9.94. The van der Waals surface area contributed by atoms with Gasteiger partial charge in [-0.2, -0.15) is 0 Å². The van der Waals surface area contributed by atoms with Crippen LogP contribution in [0.1, 0.15) is 22.7 Å². The second kappa shape index (κ2) is 7.58. The van der Waals surface area contributed by atoms with E-state index in [2.05, 4.69) is 10.2 Å². The van der Waals surface area contributed by atoms with Crippen LogP contribution in [0.25, 0.3) is 0 Å². The molecular weight excluding hydrogens is 394 g/mol. The van der Waals surface area contributed by atoms with Crippen LogP contribution in [0.3, 0.4) is 0 Å². The zero-order chi connectivity index (χ0) is 21.5. The molecule has 7 heteroatoms. The summed E-state index contributed by atoms with van der Waals surface area (Å²) in [6.45, 7) is 5.10. The Labute approximate surface area is 181 Å². The smallest absolute Gasteiger partial charge is 0.196 e. The number of aryl methyl sites for hydroxylation is 2. The molecule has 160 valence electrons.